The Kier molecular flexibility index (Phi) is 4.99. The topological polar surface area (TPSA) is 26.3 Å². The maximum Gasteiger partial charge on any atom is 0.176 e. The zero-order chi connectivity index (χ0) is 11.3. The highest BCUT2D eigenvalue weighted by Crippen LogP contribution is 2.24. The molecule has 0 radical (unpaired) electrons. The molecule has 0 spiro atoms. The molecule has 0 fully saturated rings. The third-order valence-corrected chi connectivity index (χ3v) is 3.01. The first kappa shape index (κ1) is 12.4. The summed E-state index contributed by atoms with van der Waals surface area (Å²) in [5.41, 5.74) is 0.561. The van der Waals surface area contributed by atoms with E-state index in [0.29, 0.717) is 22.1 Å². The van der Waals surface area contributed by atoms with Crippen molar-refractivity contribution >= 4 is 29.1 Å². The van der Waals surface area contributed by atoms with Crippen molar-refractivity contribution in [2.24, 2.45) is 0 Å². The predicted octanol–water partition coefficient (Wildman–Crippen LogP) is 3.28. The number of rotatable bonds is 5. The largest absolute Gasteiger partial charge is 0.496 e. The van der Waals surface area contributed by atoms with Crippen molar-refractivity contribution in [3.63, 3.8) is 0 Å². The standard InChI is InChI=1S/C11H13ClO2S/c1-3-15-7-10(13)9-6-8(12)4-5-11(9)14-2/h4-6H,3,7H2,1-2H3. The molecule has 4 heteroatoms. The molecule has 0 saturated carbocycles. The molecular formula is C11H13ClO2S. The summed E-state index contributed by atoms with van der Waals surface area (Å²) in [7, 11) is 1.55. The van der Waals surface area contributed by atoms with Gasteiger partial charge in [-0.2, -0.15) is 11.8 Å². The highest BCUT2D eigenvalue weighted by molar-refractivity contribution is 7.99. The number of ether oxygens (including phenoxy) is 1. The maximum absolute atomic E-state index is 11.8. The van der Waals surface area contributed by atoms with Crippen LogP contribution in [0.4, 0.5) is 0 Å². The monoisotopic (exact) mass is 244 g/mol. The minimum atomic E-state index is 0.0567. The molecule has 0 heterocycles. The van der Waals surface area contributed by atoms with Crippen LogP contribution in [-0.2, 0) is 0 Å². The number of hydrogen-bond acceptors (Lipinski definition) is 3. The Morgan fingerprint density at radius 1 is 1.53 bits per heavy atom. The van der Waals surface area contributed by atoms with Crippen LogP contribution in [0.3, 0.4) is 0 Å². The molecule has 0 aliphatic rings. The fraction of sp³-hybridized carbons (Fsp3) is 0.364. The number of thioether (sulfide) groups is 1. The van der Waals surface area contributed by atoms with Crippen molar-refractivity contribution in [1.82, 2.24) is 0 Å². The van der Waals surface area contributed by atoms with E-state index in [2.05, 4.69) is 0 Å². The first-order valence-electron chi connectivity index (χ1n) is 4.63. The van der Waals surface area contributed by atoms with Crippen LogP contribution in [0.1, 0.15) is 17.3 Å². The summed E-state index contributed by atoms with van der Waals surface area (Å²) < 4.78 is 5.11. The number of ketones is 1. The van der Waals surface area contributed by atoms with Gasteiger partial charge in [-0.1, -0.05) is 18.5 Å². The van der Waals surface area contributed by atoms with Gasteiger partial charge in [0.1, 0.15) is 5.75 Å². The second kappa shape index (κ2) is 6.03. The molecule has 0 aromatic heterocycles. The van der Waals surface area contributed by atoms with E-state index < -0.39 is 0 Å². The number of carbonyl (C=O) groups is 1. The molecule has 82 valence electrons. The lowest BCUT2D eigenvalue weighted by atomic mass is 10.1. The van der Waals surface area contributed by atoms with Crippen LogP contribution in [-0.4, -0.2) is 24.4 Å². The van der Waals surface area contributed by atoms with Crippen LogP contribution < -0.4 is 4.74 Å². The maximum atomic E-state index is 11.8. The minimum Gasteiger partial charge on any atom is -0.496 e. The quantitative estimate of drug-likeness (QED) is 0.744. The van der Waals surface area contributed by atoms with Gasteiger partial charge in [0.15, 0.2) is 5.78 Å². The smallest absolute Gasteiger partial charge is 0.176 e. The fourth-order valence-electron chi connectivity index (χ4n) is 1.17. The van der Waals surface area contributed by atoms with E-state index >= 15 is 0 Å². The van der Waals surface area contributed by atoms with Gasteiger partial charge in [0.2, 0.25) is 0 Å². The van der Waals surface area contributed by atoms with Crippen LogP contribution in [0.5, 0.6) is 5.75 Å². The molecule has 0 bridgehead atoms. The SMILES string of the molecule is CCSCC(=O)c1cc(Cl)ccc1OC. The second-order valence-corrected chi connectivity index (χ2v) is 4.62. The Balaban J connectivity index is 2.90. The third-order valence-electron chi connectivity index (χ3n) is 1.90. The summed E-state index contributed by atoms with van der Waals surface area (Å²) in [5, 5.41) is 0.556. The van der Waals surface area contributed by atoms with Gasteiger partial charge >= 0.3 is 0 Å². The first-order valence-corrected chi connectivity index (χ1v) is 6.16. The van der Waals surface area contributed by atoms with Crippen molar-refractivity contribution in [3.8, 4) is 5.75 Å². The van der Waals surface area contributed by atoms with Crippen LogP contribution in [0.25, 0.3) is 0 Å². The summed E-state index contributed by atoms with van der Waals surface area (Å²) in [4.78, 5) is 11.8. The fourth-order valence-corrected chi connectivity index (χ4v) is 1.89. The lowest BCUT2D eigenvalue weighted by Gasteiger charge is -2.07. The lowest BCUT2D eigenvalue weighted by molar-refractivity contribution is 0.101. The zero-order valence-electron chi connectivity index (χ0n) is 8.75. The lowest BCUT2D eigenvalue weighted by Crippen LogP contribution is -2.05. The van der Waals surface area contributed by atoms with Gasteiger partial charge in [-0.3, -0.25) is 4.79 Å². The van der Waals surface area contributed by atoms with Crippen LogP contribution in [0.15, 0.2) is 18.2 Å². The van der Waals surface area contributed by atoms with Crippen molar-refractivity contribution in [2.75, 3.05) is 18.6 Å². The van der Waals surface area contributed by atoms with E-state index in [-0.39, 0.29) is 5.78 Å². The summed E-state index contributed by atoms with van der Waals surface area (Å²) in [5.74, 6) is 2.03. The van der Waals surface area contributed by atoms with Gasteiger partial charge in [0.25, 0.3) is 0 Å². The van der Waals surface area contributed by atoms with Gasteiger partial charge < -0.3 is 4.74 Å². The van der Waals surface area contributed by atoms with E-state index in [4.69, 9.17) is 16.3 Å². The minimum absolute atomic E-state index is 0.0567. The summed E-state index contributed by atoms with van der Waals surface area (Å²) >= 11 is 7.43. The molecule has 1 aromatic rings. The van der Waals surface area contributed by atoms with E-state index in [1.54, 1.807) is 37.1 Å². The average Bonchev–Trinajstić information content (AvgIpc) is 2.25. The van der Waals surface area contributed by atoms with Crippen LogP contribution in [0, 0.1) is 0 Å². The number of carbonyl (C=O) groups excluding carboxylic acids is 1. The number of methoxy groups -OCH3 is 1. The molecule has 0 N–H and O–H groups in total. The molecule has 15 heavy (non-hydrogen) atoms. The number of benzene rings is 1. The molecular weight excluding hydrogens is 232 g/mol. The predicted molar refractivity (Wildman–Crippen MR) is 65.3 cm³/mol. The van der Waals surface area contributed by atoms with E-state index in [1.807, 2.05) is 6.92 Å². The molecule has 1 aromatic carbocycles. The van der Waals surface area contributed by atoms with Gasteiger partial charge in [-0.25, -0.2) is 0 Å². The van der Waals surface area contributed by atoms with Crippen molar-refractivity contribution < 1.29 is 9.53 Å². The molecule has 0 aliphatic carbocycles. The normalized spacial score (nSPS) is 10.1. The molecule has 1 rings (SSSR count). The van der Waals surface area contributed by atoms with Crippen LogP contribution >= 0.6 is 23.4 Å². The Morgan fingerprint density at radius 2 is 2.27 bits per heavy atom. The molecule has 0 atom stereocenters. The number of halogens is 1. The van der Waals surface area contributed by atoms with Crippen molar-refractivity contribution in [1.29, 1.82) is 0 Å². The van der Waals surface area contributed by atoms with Crippen molar-refractivity contribution in [3.05, 3.63) is 28.8 Å². The Hall–Kier alpha value is -0.670. The highest BCUT2D eigenvalue weighted by Gasteiger charge is 2.12. The molecule has 0 aliphatic heterocycles. The summed E-state index contributed by atoms with van der Waals surface area (Å²) in [6.45, 7) is 2.02. The summed E-state index contributed by atoms with van der Waals surface area (Å²) in [6.07, 6.45) is 0. The molecule has 2 nitrogen and oxygen atoms in total. The van der Waals surface area contributed by atoms with Gasteiger partial charge in [0, 0.05) is 5.02 Å². The zero-order valence-corrected chi connectivity index (χ0v) is 10.3. The van der Waals surface area contributed by atoms with Gasteiger partial charge in [-0.15, -0.1) is 0 Å². The van der Waals surface area contributed by atoms with E-state index in [9.17, 15) is 4.79 Å². The molecule has 0 amide bonds. The first-order chi connectivity index (χ1) is 7.19. The van der Waals surface area contributed by atoms with E-state index in [1.165, 1.54) is 0 Å². The van der Waals surface area contributed by atoms with E-state index in [0.717, 1.165) is 5.75 Å². The Morgan fingerprint density at radius 3 is 2.87 bits per heavy atom. The van der Waals surface area contributed by atoms with Gasteiger partial charge in [0.05, 0.1) is 18.4 Å². The van der Waals surface area contributed by atoms with Crippen molar-refractivity contribution in [2.45, 2.75) is 6.92 Å². The van der Waals surface area contributed by atoms with Gasteiger partial charge in [-0.05, 0) is 24.0 Å². The molecule has 0 saturated heterocycles. The average molecular weight is 245 g/mol. The Bertz CT molecular complexity index is 352. The third kappa shape index (κ3) is 3.43. The highest BCUT2D eigenvalue weighted by atomic mass is 35.5. The molecule has 0 unspecified atom stereocenters. The number of Topliss-reactive ketones (excluding diaryl/α,β-unsaturated/α-hetero) is 1. The van der Waals surface area contributed by atoms with Crippen LogP contribution in [0.2, 0.25) is 5.02 Å². The Labute approximate surface area is 99.0 Å². The summed E-state index contributed by atoms with van der Waals surface area (Å²) in [6, 6.07) is 5.08. The number of hydrogen-bond donors (Lipinski definition) is 0. The second-order valence-electron chi connectivity index (χ2n) is 2.90.